The molecule has 2 unspecified atom stereocenters. The van der Waals surface area contributed by atoms with Crippen LogP contribution in [0.5, 0.6) is 0 Å². The van der Waals surface area contributed by atoms with Gasteiger partial charge in [0.25, 0.3) is 0 Å². The highest BCUT2D eigenvalue weighted by molar-refractivity contribution is 6.21. The van der Waals surface area contributed by atoms with E-state index in [1.165, 1.54) is 99.0 Å². The van der Waals surface area contributed by atoms with Crippen LogP contribution in [0.15, 0.2) is 273 Å². The van der Waals surface area contributed by atoms with E-state index in [1.807, 2.05) is 0 Å². The molecule has 0 saturated heterocycles. The number of fused-ring (bicyclic) bond motifs is 9. The van der Waals surface area contributed by atoms with Gasteiger partial charge in [-0.2, -0.15) is 0 Å². The van der Waals surface area contributed by atoms with Gasteiger partial charge in [-0.3, -0.25) is 0 Å². The second kappa shape index (κ2) is 17.6. The Morgan fingerprint density at radius 3 is 1.77 bits per heavy atom. The maximum absolute atomic E-state index is 2.47. The molecule has 2 heteroatoms. The van der Waals surface area contributed by atoms with Crippen LogP contribution in [0.1, 0.15) is 29.5 Å². The molecular formula is C71H50N2. The smallest absolute Gasteiger partial charge is 0.0547 e. The highest BCUT2D eigenvalue weighted by atomic mass is 15.1. The standard InChI is InChI=1S/C71H50N2/c1-47-43-57(45-56-32-30-52-18-9-11-24-64(52)69(47)56)49-35-40-60(41-36-49)72(59-38-33-48(34-39-59)53-37-42-63-55(44-53)31-29-51-17-8-10-23-62(51)63)61-22-12-19-54(46-61)66-26-14-28-68-71(66)70-65(50-15-4-2-5-16-50)25-13-27-67(70)73(68)58-20-6-3-7-21-58/h2-47,69H,1H3. The lowest BCUT2D eigenvalue weighted by Gasteiger charge is -2.32. The predicted molar refractivity (Wildman–Crippen MR) is 310 cm³/mol. The van der Waals surface area contributed by atoms with Crippen molar-refractivity contribution < 1.29 is 0 Å². The number of para-hydroxylation sites is 1. The minimum absolute atomic E-state index is 0.370. The van der Waals surface area contributed by atoms with Gasteiger partial charge < -0.3 is 9.47 Å². The summed E-state index contributed by atoms with van der Waals surface area (Å²) in [5.41, 5.74) is 20.6. The molecule has 12 aromatic rings. The van der Waals surface area contributed by atoms with Crippen LogP contribution in [0.4, 0.5) is 17.1 Å². The average Bonchev–Trinajstić information content (AvgIpc) is 3.81. The second-order valence-electron chi connectivity index (χ2n) is 19.7. The number of hydrogen-bond donors (Lipinski definition) is 0. The van der Waals surface area contributed by atoms with Crippen LogP contribution in [0.2, 0.25) is 0 Å². The van der Waals surface area contributed by atoms with E-state index in [-0.39, 0.29) is 0 Å². The molecule has 14 rings (SSSR count). The summed E-state index contributed by atoms with van der Waals surface area (Å²) in [4.78, 5) is 2.42. The summed E-state index contributed by atoms with van der Waals surface area (Å²) in [6, 6.07) is 91.5. The quantitative estimate of drug-likeness (QED) is 0.138. The lowest BCUT2D eigenvalue weighted by atomic mass is 9.72. The third kappa shape index (κ3) is 7.33. The summed E-state index contributed by atoms with van der Waals surface area (Å²) in [7, 11) is 0. The van der Waals surface area contributed by atoms with Crippen molar-refractivity contribution in [2.45, 2.75) is 12.8 Å². The summed E-state index contributed by atoms with van der Waals surface area (Å²) in [6.45, 7) is 2.36. The lowest BCUT2D eigenvalue weighted by molar-refractivity contribution is 0.615. The Bertz CT molecular complexity index is 4190. The second-order valence-corrected chi connectivity index (χ2v) is 19.7. The molecule has 0 N–H and O–H groups in total. The number of anilines is 3. The van der Waals surface area contributed by atoms with Crippen molar-refractivity contribution in [1.29, 1.82) is 0 Å². The number of rotatable bonds is 8. The van der Waals surface area contributed by atoms with E-state index < -0.39 is 0 Å². The van der Waals surface area contributed by atoms with Gasteiger partial charge in [0.15, 0.2) is 0 Å². The fraction of sp³-hybridized carbons (Fsp3) is 0.0423. The Labute approximate surface area is 426 Å². The Morgan fingerprint density at radius 1 is 0.397 bits per heavy atom. The number of benzene rings is 11. The molecule has 2 atom stereocenters. The van der Waals surface area contributed by atoms with Crippen LogP contribution < -0.4 is 4.90 Å². The SMILES string of the molecule is CC1C=C(c2ccc(N(c3ccc(-c4ccc5c(ccc6ccccc65)c4)cc3)c3cccc(-c4cccc5c4c4c(-c6ccccc6)cccc4n5-c4ccccc4)c3)cc2)C=C2C=Cc3ccccc3C21. The Kier molecular flexibility index (Phi) is 10.3. The molecule has 1 aromatic heterocycles. The van der Waals surface area contributed by atoms with Crippen molar-refractivity contribution in [3.63, 3.8) is 0 Å². The van der Waals surface area contributed by atoms with Gasteiger partial charge in [-0.1, -0.05) is 213 Å². The zero-order valence-electron chi connectivity index (χ0n) is 40.5. The number of aromatic nitrogens is 1. The first kappa shape index (κ1) is 42.6. The predicted octanol–water partition coefficient (Wildman–Crippen LogP) is 19.3. The lowest BCUT2D eigenvalue weighted by Crippen LogP contribution is -2.17. The third-order valence-electron chi connectivity index (χ3n) is 15.4. The normalized spacial score (nSPS) is 15.0. The van der Waals surface area contributed by atoms with Gasteiger partial charge in [0.1, 0.15) is 0 Å². The van der Waals surface area contributed by atoms with Gasteiger partial charge in [0.05, 0.1) is 11.0 Å². The summed E-state index contributed by atoms with van der Waals surface area (Å²) in [5.74, 6) is 0.741. The van der Waals surface area contributed by atoms with Crippen molar-refractivity contribution in [3.8, 4) is 39.1 Å². The first-order valence-electron chi connectivity index (χ1n) is 25.5. The van der Waals surface area contributed by atoms with Crippen molar-refractivity contribution in [3.05, 3.63) is 289 Å². The molecule has 0 spiro atoms. The zero-order valence-corrected chi connectivity index (χ0v) is 40.5. The van der Waals surface area contributed by atoms with Crippen LogP contribution in [-0.2, 0) is 0 Å². The van der Waals surface area contributed by atoms with E-state index in [4.69, 9.17) is 0 Å². The molecular weight excluding hydrogens is 881 g/mol. The van der Waals surface area contributed by atoms with Crippen molar-refractivity contribution in [2.75, 3.05) is 4.90 Å². The molecule has 344 valence electrons. The van der Waals surface area contributed by atoms with Crippen LogP contribution in [0, 0.1) is 5.92 Å². The molecule has 11 aromatic carbocycles. The molecule has 0 radical (unpaired) electrons. The van der Waals surface area contributed by atoms with E-state index in [9.17, 15) is 0 Å². The van der Waals surface area contributed by atoms with Gasteiger partial charge >= 0.3 is 0 Å². The summed E-state index contributed by atoms with van der Waals surface area (Å²) >= 11 is 0. The maximum Gasteiger partial charge on any atom is 0.0547 e. The van der Waals surface area contributed by atoms with Gasteiger partial charge in [-0.05, 0) is 155 Å². The highest BCUT2D eigenvalue weighted by Crippen LogP contribution is 2.47. The van der Waals surface area contributed by atoms with Crippen LogP contribution in [-0.4, -0.2) is 4.57 Å². The van der Waals surface area contributed by atoms with Crippen molar-refractivity contribution in [2.24, 2.45) is 5.92 Å². The Hall–Kier alpha value is -9.24. The molecule has 0 fully saturated rings. The minimum Gasteiger partial charge on any atom is -0.310 e. The average molecular weight is 931 g/mol. The first-order chi connectivity index (χ1) is 36.1. The first-order valence-corrected chi connectivity index (χ1v) is 25.5. The van der Waals surface area contributed by atoms with E-state index in [2.05, 4.69) is 289 Å². The Balaban J connectivity index is 0.898. The molecule has 1 heterocycles. The number of nitrogens with zero attached hydrogens (tertiary/aromatic N) is 2. The summed E-state index contributed by atoms with van der Waals surface area (Å²) < 4.78 is 2.43. The molecule has 2 aliphatic rings. The third-order valence-corrected chi connectivity index (χ3v) is 15.4. The molecule has 2 nitrogen and oxygen atoms in total. The molecule has 73 heavy (non-hydrogen) atoms. The molecule has 0 amide bonds. The minimum atomic E-state index is 0.370. The molecule has 0 aliphatic heterocycles. The summed E-state index contributed by atoms with van der Waals surface area (Å²) in [6.07, 6.45) is 9.47. The van der Waals surface area contributed by atoms with E-state index in [0.29, 0.717) is 11.8 Å². The molecule has 0 saturated carbocycles. The van der Waals surface area contributed by atoms with Gasteiger partial charge in [0, 0.05) is 39.4 Å². The number of hydrogen-bond acceptors (Lipinski definition) is 1. The topological polar surface area (TPSA) is 8.17 Å². The molecule has 2 aliphatic carbocycles. The van der Waals surface area contributed by atoms with Crippen LogP contribution in [0.3, 0.4) is 0 Å². The highest BCUT2D eigenvalue weighted by Gasteiger charge is 2.29. The zero-order chi connectivity index (χ0) is 48.4. The van der Waals surface area contributed by atoms with Gasteiger partial charge in [-0.25, -0.2) is 0 Å². The summed E-state index contributed by atoms with van der Waals surface area (Å²) in [5, 5.41) is 7.56. The fourth-order valence-electron chi connectivity index (χ4n) is 12.0. The van der Waals surface area contributed by atoms with E-state index >= 15 is 0 Å². The van der Waals surface area contributed by atoms with E-state index in [0.717, 1.165) is 28.3 Å². The van der Waals surface area contributed by atoms with Crippen LogP contribution >= 0.6 is 0 Å². The monoisotopic (exact) mass is 930 g/mol. The maximum atomic E-state index is 2.47. The van der Waals surface area contributed by atoms with Crippen molar-refractivity contribution >= 4 is 72.1 Å². The molecule has 0 bridgehead atoms. The number of allylic oxidation sites excluding steroid dienone is 5. The fourth-order valence-corrected chi connectivity index (χ4v) is 12.0. The Morgan fingerprint density at radius 2 is 1.00 bits per heavy atom. The van der Waals surface area contributed by atoms with E-state index in [1.54, 1.807) is 0 Å². The van der Waals surface area contributed by atoms with Gasteiger partial charge in [-0.15, -0.1) is 0 Å². The van der Waals surface area contributed by atoms with Crippen LogP contribution in [0.25, 0.3) is 94.1 Å². The van der Waals surface area contributed by atoms with Crippen molar-refractivity contribution in [1.82, 2.24) is 4.57 Å². The van der Waals surface area contributed by atoms with Gasteiger partial charge in [0.2, 0.25) is 0 Å². The largest absolute Gasteiger partial charge is 0.310 e.